The first-order valence-corrected chi connectivity index (χ1v) is 5.50. The number of hydrogen-bond donors (Lipinski definition) is 1. The number of esters is 1. The molecule has 4 heteroatoms. The molecule has 1 heterocycles. The summed E-state index contributed by atoms with van der Waals surface area (Å²) in [4.78, 5) is 14.6. The van der Waals surface area contributed by atoms with Crippen molar-refractivity contribution in [2.75, 3.05) is 13.7 Å². The molecule has 0 radical (unpaired) electrons. The maximum Gasteiger partial charge on any atom is 0.354 e. The van der Waals surface area contributed by atoms with Crippen molar-refractivity contribution in [3.05, 3.63) is 29.5 Å². The SMILES string of the molecule is CCOC(=O)c1cc2c(OC)c(C)ccc2[nH]1. The lowest BCUT2D eigenvalue weighted by Crippen LogP contribution is -2.04. The van der Waals surface area contributed by atoms with Gasteiger partial charge in [0.1, 0.15) is 11.4 Å². The summed E-state index contributed by atoms with van der Waals surface area (Å²) in [5.74, 6) is 0.442. The molecule has 0 spiro atoms. The van der Waals surface area contributed by atoms with E-state index in [1.807, 2.05) is 19.1 Å². The Bertz CT molecular complexity index is 557. The fourth-order valence-electron chi connectivity index (χ4n) is 1.88. The van der Waals surface area contributed by atoms with E-state index >= 15 is 0 Å². The third kappa shape index (κ3) is 1.98. The van der Waals surface area contributed by atoms with Gasteiger partial charge in [-0.3, -0.25) is 0 Å². The van der Waals surface area contributed by atoms with Crippen molar-refractivity contribution in [2.45, 2.75) is 13.8 Å². The average Bonchev–Trinajstić information content (AvgIpc) is 2.73. The summed E-state index contributed by atoms with van der Waals surface area (Å²) in [7, 11) is 1.62. The van der Waals surface area contributed by atoms with Crippen LogP contribution in [-0.2, 0) is 4.74 Å². The number of aryl methyl sites for hydroxylation is 1. The van der Waals surface area contributed by atoms with Crippen LogP contribution in [0.25, 0.3) is 10.9 Å². The zero-order valence-corrected chi connectivity index (χ0v) is 10.2. The summed E-state index contributed by atoms with van der Waals surface area (Å²) in [6, 6.07) is 5.64. The Kier molecular flexibility index (Phi) is 3.04. The highest BCUT2D eigenvalue weighted by Gasteiger charge is 2.13. The fourth-order valence-corrected chi connectivity index (χ4v) is 1.88. The number of aromatic amines is 1. The number of nitrogens with one attached hydrogen (secondary N) is 1. The van der Waals surface area contributed by atoms with E-state index in [2.05, 4.69) is 4.98 Å². The molecular formula is C13H15NO3. The molecule has 4 nitrogen and oxygen atoms in total. The van der Waals surface area contributed by atoms with E-state index in [-0.39, 0.29) is 5.97 Å². The van der Waals surface area contributed by atoms with Gasteiger partial charge in [0.05, 0.1) is 13.7 Å². The van der Waals surface area contributed by atoms with Crippen LogP contribution in [0.2, 0.25) is 0 Å². The third-order valence-electron chi connectivity index (χ3n) is 2.65. The van der Waals surface area contributed by atoms with Crippen LogP contribution in [0, 0.1) is 6.92 Å². The Balaban J connectivity index is 2.53. The number of benzene rings is 1. The monoisotopic (exact) mass is 233 g/mol. The molecule has 0 fully saturated rings. The lowest BCUT2D eigenvalue weighted by molar-refractivity contribution is 0.0520. The first kappa shape index (κ1) is 11.5. The van der Waals surface area contributed by atoms with E-state index in [4.69, 9.17) is 9.47 Å². The van der Waals surface area contributed by atoms with Gasteiger partial charge < -0.3 is 14.5 Å². The van der Waals surface area contributed by atoms with Crippen LogP contribution in [0.3, 0.4) is 0 Å². The molecular weight excluding hydrogens is 218 g/mol. The van der Waals surface area contributed by atoms with Crippen LogP contribution in [-0.4, -0.2) is 24.7 Å². The van der Waals surface area contributed by atoms with Gasteiger partial charge in [0.25, 0.3) is 0 Å². The lowest BCUT2D eigenvalue weighted by Gasteiger charge is -2.04. The van der Waals surface area contributed by atoms with E-state index in [9.17, 15) is 4.79 Å². The minimum Gasteiger partial charge on any atom is -0.496 e. The van der Waals surface area contributed by atoms with Crippen molar-refractivity contribution in [3.63, 3.8) is 0 Å². The molecule has 0 saturated carbocycles. The van der Waals surface area contributed by atoms with E-state index in [1.165, 1.54) is 0 Å². The van der Waals surface area contributed by atoms with Crippen LogP contribution in [0.4, 0.5) is 0 Å². The molecule has 0 amide bonds. The Morgan fingerprint density at radius 2 is 2.18 bits per heavy atom. The average molecular weight is 233 g/mol. The van der Waals surface area contributed by atoms with Gasteiger partial charge >= 0.3 is 5.97 Å². The highest BCUT2D eigenvalue weighted by molar-refractivity contribution is 5.97. The number of ether oxygens (including phenoxy) is 2. The van der Waals surface area contributed by atoms with Gasteiger partial charge in [-0.15, -0.1) is 0 Å². The second-order valence-corrected chi connectivity index (χ2v) is 3.78. The first-order chi connectivity index (χ1) is 8.17. The molecule has 0 aliphatic heterocycles. The van der Waals surface area contributed by atoms with E-state index in [1.54, 1.807) is 20.1 Å². The smallest absolute Gasteiger partial charge is 0.354 e. The van der Waals surface area contributed by atoms with Crippen LogP contribution in [0.5, 0.6) is 5.75 Å². The molecule has 90 valence electrons. The molecule has 0 unspecified atom stereocenters. The Labute approximate surface area is 99.5 Å². The number of rotatable bonds is 3. The maximum absolute atomic E-state index is 11.6. The molecule has 2 rings (SSSR count). The highest BCUT2D eigenvalue weighted by atomic mass is 16.5. The Morgan fingerprint density at radius 1 is 1.41 bits per heavy atom. The van der Waals surface area contributed by atoms with Crippen LogP contribution in [0.1, 0.15) is 23.0 Å². The second kappa shape index (κ2) is 4.49. The van der Waals surface area contributed by atoms with Gasteiger partial charge in [0, 0.05) is 10.9 Å². The minimum absolute atomic E-state index is 0.344. The van der Waals surface area contributed by atoms with E-state index in [0.717, 1.165) is 22.2 Å². The third-order valence-corrected chi connectivity index (χ3v) is 2.65. The summed E-state index contributed by atoms with van der Waals surface area (Å²) in [5.41, 5.74) is 2.36. The largest absolute Gasteiger partial charge is 0.496 e. The minimum atomic E-state index is -0.344. The summed E-state index contributed by atoms with van der Waals surface area (Å²) < 4.78 is 10.3. The molecule has 0 atom stereocenters. The maximum atomic E-state index is 11.6. The zero-order chi connectivity index (χ0) is 12.4. The quantitative estimate of drug-likeness (QED) is 0.829. The molecule has 1 aromatic heterocycles. The Morgan fingerprint density at radius 3 is 2.82 bits per heavy atom. The van der Waals surface area contributed by atoms with Gasteiger partial charge in [-0.05, 0) is 31.5 Å². The number of hydrogen-bond acceptors (Lipinski definition) is 3. The van der Waals surface area contributed by atoms with Crippen LogP contribution in [0.15, 0.2) is 18.2 Å². The van der Waals surface area contributed by atoms with Gasteiger partial charge in [-0.1, -0.05) is 6.07 Å². The number of fused-ring (bicyclic) bond motifs is 1. The molecule has 17 heavy (non-hydrogen) atoms. The highest BCUT2D eigenvalue weighted by Crippen LogP contribution is 2.29. The first-order valence-electron chi connectivity index (χ1n) is 5.50. The molecule has 0 aliphatic rings. The topological polar surface area (TPSA) is 51.3 Å². The number of methoxy groups -OCH3 is 1. The summed E-state index contributed by atoms with van der Waals surface area (Å²) in [6.45, 7) is 4.12. The summed E-state index contributed by atoms with van der Waals surface area (Å²) >= 11 is 0. The van der Waals surface area contributed by atoms with E-state index < -0.39 is 0 Å². The Hall–Kier alpha value is -1.97. The van der Waals surface area contributed by atoms with Crippen molar-refractivity contribution >= 4 is 16.9 Å². The van der Waals surface area contributed by atoms with Crippen LogP contribution < -0.4 is 4.74 Å². The molecule has 2 aromatic rings. The van der Waals surface area contributed by atoms with Crippen molar-refractivity contribution in [1.82, 2.24) is 4.98 Å². The number of aromatic nitrogens is 1. The molecule has 0 aliphatic carbocycles. The van der Waals surface area contributed by atoms with Gasteiger partial charge in [0.15, 0.2) is 0 Å². The van der Waals surface area contributed by atoms with Crippen molar-refractivity contribution in [3.8, 4) is 5.75 Å². The summed E-state index contributed by atoms with van der Waals surface area (Å²) in [6.07, 6.45) is 0. The predicted molar refractivity (Wildman–Crippen MR) is 65.5 cm³/mol. The fraction of sp³-hybridized carbons (Fsp3) is 0.308. The lowest BCUT2D eigenvalue weighted by atomic mass is 10.1. The van der Waals surface area contributed by atoms with Gasteiger partial charge in [0.2, 0.25) is 0 Å². The molecule has 1 N–H and O–H groups in total. The molecule has 0 saturated heterocycles. The number of carbonyl (C=O) groups excluding carboxylic acids is 1. The standard InChI is InChI=1S/C13H15NO3/c1-4-17-13(15)11-7-9-10(14-11)6-5-8(2)12(9)16-3/h5-7,14H,4H2,1-3H3. The molecule has 0 bridgehead atoms. The predicted octanol–water partition coefficient (Wildman–Crippen LogP) is 2.66. The zero-order valence-electron chi connectivity index (χ0n) is 10.2. The van der Waals surface area contributed by atoms with Gasteiger partial charge in [-0.2, -0.15) is 0 Å². The number of H-pyrrole nitrogens is 1. The van der Waals surface area contributed by atoms with E-state index in [0.29, 0.717) is 12.3 Å². The number of carbonyl (C=O) groups is 1. The second-order valence-electron chi connectivity index (χ2n) is 3.78. The van der Waals surface area contributed by atoms with Crippen molar-refractivity contribution in [2.24, 2.45) is 0 Å². The van der Waals surface area contributed by atoms with Crippen LogP contribution >= 0.6 is 0 Å². The molecule has 1 aromatic carbocycles. The normalized spacial score (nSPS) is 10.5. The van der Waals surface area contributed by atoms with Gasteiger partial charge in [-0.25, -0.2) is 4.79 Å². The van der Waals surface area contributed by atoms with Crippen molar-refractivity contribution < 1.29 is 14.3 Å². The summed E-state index contributed by atoms with van der Waals surface area (Å²) in [5, 5.41) is 0.899. The van der Waals surface area contributed by atoms with Crippen molar-refractivity contribution in [1.29, 1.82) is 0 Å².